The lowest BCUT2D eigenvalue weighted by Crippen LogP contribution is -2.28. The first-order chi connectivity index (χ1) is 11.2. The molecule has 6 nitrogen and oxygen atoms in total. The lowest BCUT2D eigenvalue weighted by molar-refractivity contribution is -0.384. The quantitative estimate of drug-likeness (QED) is 0.640. The molecule has 0 saturated carbocycles. The van der Waals surface area contributed by atoms with Crippen molar-refractivity contribution in [3.05, 3.63) is 74.8 Å². The van der Waals surface area contributed by atoms with Crippen LogP contribution in [0.4, 0.5) is 5.69 Å². The van der Waals surface area contributed by atoms with Crippen molar-refractivity contribution >= 4 is 15.7 Å². The van der Waals surface area contributed by atoms with E-state index < -0.39 is 14.9 Å². The van der Waals surface area contributed by atoms with Crippen LogP contribution in [0.5, 0.6) is 0 Å². The molecule has 0 saturated heterocycles. The van der Waals surface area contributed by atoms with E-state index in [1.807, 2.05) is 32.0 Å². The number of non-ortho nitro benzene ring substituents is 1. The van der Waals surface area contributed by atoms with Crippen LogP contribution in [0.2, 0.25) is 0 Å². The maximum absolute atomic E-state index is 12.4. The van der Waals surface area contributed by atoms with E-state index in [4.69, 9.17) is 0 Å². The zero-order chi connectivity index (χ0) is 17.9. The Morgan fingerprint density at radius 1 is 1.17 bits per heavy atom. The number of sulfonamides is 1. The van der Waals surface area contributed by atoms with Gasteiger partial charge in [0.1, 0.15) is 0 Å². The van der Waals surface area contributed by atoms with Crippen LogP contribution < -0.4 is 4.72 Å². The van der Waals surface area contributed by atoms with Gasteiger partial charge in [0.25, 0.3) is 5.69 Å². The van der Waals surface area contributed by atoms with Gasteiger partial charge in [0.05, 0.1) is 10.7 Å². The Bertz CT molecular complexity index is 863. The topological polar surface area (TPSA) is 89.3 Å². The first-order valence-electron chi connectivity index (χ1n) is 7.48. The summed E-state index contributed by atoms with van der Waals surface area (Å²) in [7, 11) is -3.63. The van der Waals surface area contributed by atoms with Crippen molar-refractivity contribution in [1.29, 1.82) is 0 Å². The Labute approximate surface area is 141 Å². The number of benzene rings is 2. The molecule has 0 fully saturated rings. The molecule has 2 aromatic rings. The molecule has 0 aliphatic carbocycles. The molecule has 0 heterocycles. The highest BCUT2D eigenvalue weighted by Gasteiger charge is 2.19. The fourth-order valence-corrected chi connectivity index (χ4v) is 3.95. The third-order valence-electron chi connectivity index (χ3n) is 3.74. The van der Waals surface area contributed by atoms with Crippen molar-refractivity contribution in [1.82, 2.24) is 4.72 Å². The van der Waals surface area contributed by atoms with E-state index in [1.165, 1.54) is 18.2 Å². The van der Waals surface area contributed by atoms with Gasteiger partial charge in [-0.05, 0) is 37.5 Å². The molecule has 1 atom stereocenters. The number of nitrogens with zero attached hydrogens (tertiary/aromatic N) is 1. The third-order valence-corrected chi connectivity index (χ3v) is 5.16. The minimum absolute atomic E-state index is 0.120. The highest BCUT2D eigenvalue weighted by molar-refractivity contribution is 7.88. The molecule has 2 rings (SSSR count). The second-order valence-corrected chi connectivity index (χ2v) is 7.64. The van der Waals surface area contributed by atoms with Crippen molar-refractivity contribution in [3.8, 4) is 0 Å². The number of nitro benzene ring substituents is 1. The van der Waals surface area contributed by atoms with Gasteiger partial charge in [-0.15, -0.1) is 0 Å². The predicted molar refractivity (Wildman–Crippen MR) is 93.2 cm³/mol. The number of hydrogen-bond donors (Lipinski definition) is 1. The molecule has 2 aromatic carbocycles. The molecule has 0 aliphatic heterocycles. The number of nitro groups is 1. The maximum Gasteiger partial charge on any atom is 0.269 e. The van der Waals surface area contributed by atoms with Crippen molar-refractivity contribution in [2.45, 2.75) is 32.6 Å². The normalized spacial score (nSPS) is 12.8. The highest BCUT2D eigenvalue weighted by atomic mass is 32.2. The van der Waals surface area contributed by atoms with Crippen LogP contribution in [-0.4, -0.2) is 13.3 Å². The fraction of sp³-hybridized carbons (Fsp3) is 0.294. The van der Waals surface area contributed by atoms with Gasteiger partial charge < -0.3 is 0 Å². The second kappa shape index (κ2) is 7.11. The maximum atomic E-state index is 12.4. The lowest BCUT2D eigenvalue weighted by atomic mass is 10.0. The Morgan fingerprint density at radius 2 is 1.88 bits per heavy atom. The van der Waals surface area contributed by atoms with E-state index in [0.29, 0.717) is 5.56 Å². The highest BCUT2D eigenvalue weighted by Crippen LogP contribution is 2.21. The lowest BCUT2D eigenvalue weighted by Gasteiger charge is -2.17. The molecule has 0 aliphatic rings. The number of aryl methyl sites for hydroxylation is 2. The molecule has 24 heavy (non-hydrogen) atoms. The molecule has 0 aromatic heterocycles. The second-order valence-electron chi connectivity index (χ2n) is 5.89. The molecular formula is C17H20N2O4S. The van der Waals surface area contributed by atoms with Gasteiger partial charge in [0.15, 0.2) is 0 Å². The number of nitrogens with one attached hydrogen (secondary N) is 1. The van der Waals surface area contributed by atoms with Gasteiger partial charge in [-0.25, -0.2) is 13.1 Å². The van der Waals surface area contributed by atoms with Crippen LogP contribution in [0.1, 0.15) is 35.2 Å². The van der Waals surface area contributed by atoms with E-state index >= 15 is 0 Å². The summed E-state index contributed by atoms with van der Waals surface area (Å²) < 4.78 is 27.4. The molecule has 128 valence electrons. The largest absolute Gasteiger partial charge is 0.269 e. The summed E-state index contributed by atoms with van der Waals surface area (Å²) in [4.78, 5) is 10.3. The monoisotopic (exact) mass is 348 g/mol. The van der Waals surface area contributed by atoms with E-state index in [1.54, 1.807) is 13.0 Å². The van der Waals surface area contributed by atoms with Gasteiger partial charge in [0.2, 0.25) is 10.0 Å². The van der Waals surface area contributed by atoms with Crippen molar-refractivity contribution < 1.29 is 13.3 Å². The molecular weight excluding hydrogens is 328 g/mol. The van der Waals surface area contributed by atoms with E-state index in [0.717, 1.165) is 16.7 Å². The summed E-state index contributed by atoms with van der Waals surface area (Å²) in [5.74, 6) is -0.302. The summed E-state index contributed by atoms with van der Waals surface area (Å²) in [5.41, 5.74) is 3.24. The number of rotatable bonds is 6. The Morgan fingerprint density at radius 3 is 2.54 bits per heavy atom. The Hall–Kier alpha value is -2.25. The van der Waals surface area contributed by atoms with Crippen LogP contribution in [0.15, 0.2) is 42.5 Å². The standard InChI is InChI=1S/C17H20N2O4S/c1-12-7-8-13(2)17(9-12)14(3)18-24(22,23)11-15-5-4-6-16(10-15)19(20)21/h4-10,14,18H,11H2,1-3H3/t14-/m1/s1. The Kier molecular flexibility index (Phi) is 5.36. The minimum atomic E-state index is -3.63. The summed E-state index contributed by atoms with van der Waals surface area (Å²) in [5, 5.41) is 10.8. The molecule has 0 spiro atoms. The van der Waals surface area contributed by atoms with Gasteiger partial charge in [-0.2, -0.15) is 0 Å². The zero-order valence-corrected chi connectivity index (χ0v) is 14.6. The summed E-state index contributed by atoms with van der Waals surface area (Å²) >= 11 is 0. The van der Waals surface area contributed by atoms with Crippen LogP contribution in [-0.2, 0) is 15.8 Å². The SMILES string of the molecule is Cc1ccc(C)c([C@@H](C)NS(=O)(=O)Cc2cccc([N+](=O)[O-])c2)c1. The average Bonchev–Trinajstić information content (AvgIpc) is 2.48. The minimum Gasteiger partial charge on any atom is -0.258 e. The summed E-state index contributed by atoms with van der Waals surface area (Å²) in [6.45, 7) is 5.67. The first kappa shape index (κ1) is 18.1. The summed E-state index contributed by atoms with van der Waals surface area (Å²) in [6.07, 6.45) is 0. The van der Waals surface area contributed by atoms with Crippen LogP contribution in [0.3, 0.4) is 0 Å². The third kappa shape index (κ3) is 4.62. The molecule has 0 bridgehead atoms. The van der Waals surface area contributed by atoms with E-state index in [2.05, 4.69) is 4.72 Å². The predicted octanol–water partition coefficient (Wildman–Crippen LogP) is 3.39. The van der Waals surface area contributed by atoms with Crippen LogP contribution in [0, 0.1) is 24.0 Å². The van der Waals surface area contributed by atoms with E-state index in [9.17, 15) is 18.5 Å². The fourth-order valence-electron chi connectivity index (χ4n) is 2.58. The molecule has 7 heteroatoms. The first-order valence-corrected chi connectivity index (χ1v) is 9.13. The van der Waals surface area contributed by atoms with Crippen LogP contribution in [0.25, 0.3) is 0 Å². The molecule has 0 radical (unpaired) electrons. The molecule has 0 amide bonds. The smallest absolute Gasteiger partial charge is 0.258 e. The van der Waals surface area contributed by atoms with E-state index in [-0.39, 0.29) is 17.5 Å². The zero-order valence-electron chi connectivity index (χ0n) is 13.8. The van der Waals surface area contributed by atoms with Crippen LogP contribution >= 0.6 is 0 Å². The number of hydrogen-bond acceptors (Lipinski definition) is 4. The van der Waals surface area contributed by atoms with Crippen molar-refractivity contribution in [2.24, 2.45) is 0 Å². The molecule has 1 N–H and O–H groups in total. The summed E-state index contributed by atoms with van der Waals surface area (Å²) in [6, 6.07) is 11.2. The van der Waals surface area contributed by atoms with Gasteiger partial charge in [-0.1, -0.05) is 35.9 Å². The van der Waals surface area contributed by atoms with Gasteiger partial charge >= 0.3 is 0 Å². The van der Waals surface area contributed by atoms with Gasteiger partial charge in [0, 0.05) is 18.2 Å². The Balaban J connectivity index is 2.17. The van der Waals surface area contributed by atoms with Crippen molar-refractivity contribution in [3.63, 3.8) is 0 Å². The van der Waals surface area contributed by atoms with Gasteiger partial charge in [-0.3, -0.25) is 10.1 Å². The average molecular weight is 348 g/mol. The van der Waals surface area contributed by atoms with Crippen molar-refractivity contribution in [2.75, 3.05) is 0 Å². The molecule has 0 unspecified atom stereocenters.